The topological polar surface area (TPSA) is 23.5 Å². The van der Waals surface area contributed by atoms with E-state index in [4.69, 9.17) is 17.0 Å². The average Bonchev–Trinajstić information content (AvgIpc) is 2.48. The molecule has 1 N–H and O–H groups in total. The van der Waals surface area contributed by atoms with E-state index in [9.17, 15) is 5.11 Å². The summed E-state index contributed by atoms with van der Waals surface area (Å²) in [6.07, 6.45) is 9.48. The molecule has 5 heteroatoms. The molecule has 0 saturated heterocycles. The molecule has 1 fully saturated rings. The first-order valence-corrected chi connectivity index (χ1v) is 15.6. The van der Waals surface area contributed by atoms with Crippen LogP contribution >= 0.6 is 17.0 Å². The Bertz CT molecular complexity index is 497. The summed E-state index contributed by atoms with van der Waals surface area (Å²) in [5.41, 5.74) is 2.10. The van der Waals surface area contributed by atoms with Gasteiger partial charge in [0.15, 0.2) is 0 Å². The van der Waals surface area contributed by atoms with Crippen LogP contribution < -0.4 is 0 Å². The molecule has 0 atom stereocenters. The average molecular weight is 466 g/mol. The summed E-state index contributed by atoms with van der Waals surface area (Å²) >= 11 is -0.826. The molecule has 2 rings (SSSR count). The van der Waals surface area contributed by atoms with Crippen LogP contribution in [0.25, 0.3) is 0 Å². The summed E-state index contributed by atoms with van der Waals surface area (Å²) in [5.74, 6) is 0.493. The maximum absolute atomic E-state index is 10.6. The normalized spacial score (nSPS) is 16.6. The number of nitrogens with zero attached hydrogens (tertiary/aromatic N) is 1. The molecule has 0 amide bonds. The molecule has 0 bridgehead atoms. The molecule has 0 spiro atoms. The third-order valence-corrected chi connectivity index (χ3v) is 5.05. The number of aromatic hydroxyl groups is 1. The molecule has 0 aromatic heterocycles. The Kier molecular flexibility index (Phi) is 11.3. The van der Waals surface area contributed by atoms with Crippen molar-refractivity contribution in [2.75, 3.05) is 7.05 Å². The summed E-state index contributed by atoms with van der Waals surface area (Å²) in [7, 11) is 12.1. The molecule has 1 aromatic rings. The first-order valence-electron chi connectivity index (χ1n) is 9.29. The summed E-state index contributed by atoms with van der Waals surface area (Å²) < 4.78 is 0. The van der Waals surface area contributed by atoms with Crippen LogP contribution in [0.5, 0.6) is 5.75 Å². The number of para-hydroxylation sites is 1. The van der Waals surface area contributed by atoms with E-state index in [1.807, 2.05) is 0 Å². The van der Waals surface area contributed by atoms with Gasteiger partial charge in [-0.1, -0.05) is 71.1 Å². The van der Waals surface area contributed by atoms with Crippen molar-refractivity contribution in [3.8, 4) is 5.75 Å². The minimum absolute atomic E-state index is 0.0150. The molecule has 0 unspecified atom stereocenters. The fourth-order valence-electron chi connectivity index (χ4n) is 3.60. The number of hydrogen-bond donors (Lipinski definition) is 1. The van der Waals surface area contributed by atoms with E-state index in [0.29, 0.717) is 11.8 Å². The molecular formula is C20H33Cl2NOZr. The maximum atomic E-state index is 10.6. The Labute approximate surface area is 172 Å². The number of rotatable bonds is 3. The fourth-order valence-corrected chi connectivity index (χ4v) is 3.60. The molecule has 1 aromatic carbocycles. The Balaban J connectivity index is 0.000000970. The van der Waals surface area contributed by atoms with Gasteiger partial charge in [0.2, 0.25) is 0 Å². The summed E-state index contributed by atoms with van der Waals surface area (Å²) in [6, 6.07) is 6.87. The van der Waals surface area contributed by atoms with Gasteiger partial charge in [0.25, 0.3) is 0 Å². The molecule has 25 heavy (non-hydrogen) atoms. The van der Waals surface area contributed by atoms with Gasteiger partial charge in [-0.25, -0.2) is 0 Å². The van der Waals surface area contributed by atoms with Crippen LogP contribution in [-0.4, -0.2) is 23.1 Å². The SMILES string of the molecule is CN(Cc1cccc(C(C)(C)C)c1O)C1CCCCCCC1.[Cl][Zr][Cl]. The fraction of sp³-hybridized carbons (Fsp3) is 0.700. The van der Waals surface area contributed by atoms with E-state index in [-0.39, 0.29) is 5.41 Å². The second-order valence-corrected chi connectivity index (χ2v) is 11.8. The Hall–Kier alpha value is 0.443. The number of hydrogen-bond acceptors (Lipinski definition) is 2. The predicted octanol–water partition coefficient (Wildman–Crippen LogP) is 6.61. The van der Waals surface area contributed by atoms with Gasteiger partial charge in [-0.3, -0.25) is 4.90 Å². The summed E-state index contributed by atoms with van der Waals surface area (Å²) in [6.45, 7) is 7.32. The van der Waals surface area contributed by atoms with E-state index < -0.39 is 20.8 Å². The molecular weight excluding hydrogens is 432 g/mol. The monoisotopic (exact) mass is 463 g/mol. The van der Waals surface area contributed by atoms with E-state index >= 15 is 0 Å². The quantitative estimate of drug-likeness (QED) is 0.543. The Morgan fingerprint density at radius 3 is 2.12 bits per heavy atom. The van der Waals surface area contributed by atoms with Gasteiger partial charge >= 0.3 is 37.9 Å². The molecule has 1 saturated carbocycles. The summed E-state index contributed by atoms with van der Waals surface area (Å²) in [5, 5.41) is 10.6. The van der Waals surface area contributed by atoms with Crippen molar-refractivity contribution in [1.29, 1.82) is 0 Å². The number of phenols is 1. The molecule has 1 aliphatic rings. The predicted molar refractivity (Wildman–Crippen MR) is 106 cm³/mol. The van der Waals surface area contributed by atoms with Gasteiger partial charge in [-0.15, -0.1) is 0 Å². The van der Waals surface area contributed by atoms with Gasteiger partial charge in [-0.05, 0) is 30.9 Å². The Morgan fingerprint density at radius 2 is 1.60 bits per heavy atom. The van der Waals surface area contributed by atoms with Crippen molar-refractivity contribution in [3.63, 3.8) is 0 Å². The Morgan fingerprint density at radius 1 is 1.08 bits per heavy atom. The molecule has 1 aliphatic carbocycles. The van der Waals surface area contributed by atoms with Gasteiger partial charge in [0, 0.05) is 18.2 Å². The van der Waals surface area contributed by atoms with E-state index in [1.165, 1.54) is 44.9 Å². The molecule has 0 radical (unpaired) electrons. The van der Waals surface area contributed by atoms with Crippen LogP contribution in [-0.2, 0) is 32.8 Å². The second kappa shape index (κ2) is 12.0. The molecule has 142 valence electrons. The molecule has 0 aliphatic heterocycles. The van der Waals surface area contributed by atoms with Crippen LogP contribution in [0, 0.1) is 0 Å². The summed E-state index contributed by atoms with van der Waals surface area (Å²) in [4.78, 5) is 2.45. The van der Waals surface area contributed by atoms with Crippen LogP contribution in [0.4, 0.5) is 0 Å². The van der Waals surface area contributed by atoms with Crippen molar-refractivity contribution in [3.05, 3.63) is 29.3 Å². The van der Waals surface area contributed by atoms with Crippen molar-refractivity contribution in [2.45, 2.75) is 83.7 Å². The number of phenolic OH excluding ortho intramolecular Hbond substituents is 1. The van der Waals surface area contributed by atoms with Crippen LogP contribution in [0.3, 0.4) is 0 Å². The molecule has 0 heterocycles. The van der Waals surface area contributed by atoms with Crippen molar-refractivity contribution < 1.29 is 26.0 Å². The van der Waals surface area contributed by atoms with E-state index in [2.05, 4.69) is 50.9 Å². The van der Waals surface area contributed by atoms with Crippen molar-refractivity contribution >= 4 is 17.0 Å². The van der Waals surface area contributed by atoms with Gasteiger partial charge < -0.3 is 5.11 Å². The van der Waals surface area contributed by atoms with E-state index in [1.54, 1.807) is 0 Å². The van der Waals surface area contributed by atoms with Gasteiger partial charge in [0.05, 0.1) is 0 Å². The zero-order chi connectivity index (χ0) is 18.9. The van der Waals surface area contributed by atoms with Crippen LogP contribution in [0.1, 0.15) is 76.8 Å². The third kappa shape index (κ3) is 8.33. The standard InChI is InChI=1S/C20H33NO.2ClH.Zr/c1-20(2,3)18-14-10-11-16(19(18)22)15-21(4)17-12-8-6-5-7-9-13-17;;;/h10-11,14,17,22H,5-9,12-13,15H2,1-4H3;2*1H;/q;;;+2/p-2. The minimum atomic E-state index is -0.826. The van der Waals surface area contributed by atoms with Crippen LogP contribution in [0.15, 0.2) is 18.2 Å². The number of benzene rings is 1. The van der Waals surface area contributed by atoms with Crippen LogP contribution in [0.2, 0.25) is 0 Å². The van der Waals surface area contributed by atoms with Crippen molar-refractivity contribution in [1.82, 2.24) is 4.90 Å². The van der Waals surface area contributed by atoms with Gasteiger partial charge in [0.1, 0.15) is 5.75 Å². The first kappa shape index (κ1) is 23.5. The number of halogens is 2. The zero-order valence-corrected chi connectivity index (χ0v) is 20.1. The van der Waals surface area contributed by atoms with Crippen molar-refractivity contribution in [2.24, 2.45) is 0 Å². The first-order chi connectivity index (χ1) is 11.8. The second-order valence-electron chi connectivity index (χ2n) is 8.05. The van der Waals surface area contributed by atoms with Gasteiger partial charge in [-0.2, -0.15) is 0 Å². The molecule has 2 nitrogen and oxygen atoms in total. The zero-order valence-electron chi connectivity index (χ0n) is 16.1. The third-order valence-electron chi connectivity index (χ3n) is 5.05. The van der Waals surface area contributed by atoms with E-state index in [0.717, 1.165) is 17.7 Å².